The van der Waals surface area contributed by atoms with Crippen LogP contribution in [-0.2, 0) is 0 Å². The van der Waals surface area contributed by atoms with E-state index in [0.29, 0.717) is 16.9 Å². The van der Waals surface area contributed by atoms with Crippen LogP contribution in [0.25, 0.3) is 5.82 Å². The van der Waals surface area contributed by atoms with E-state index < -0.39 is 18.8 Å². The van der Waals surface area contributed by atoms with E-state index in [-0.39, 0.29) is 11.8 Å². The van der Waals surface area contributed by atoms with Crippen molar-refractivity contribution in [2.75, 3.05) is 6.61 Å². The lowest BCUT2D eigenvalue weighted by Crippen LogP contribution is -2.27. The van der Waals surface area contributed by atoms with Crippen LogP contribution in [0.3, 0.4) is 0 Å². The van der Waals surface area contributed by atoms with Crippen molar-refractivity contribution < 1.29 is 22.7 Å². The van der Waals surface area contributed by atoms with Gasteiger partial charge in [-0.1, -0.05) is 6.07 Å². The van der Waals surface area contributed by atoms with Crippen LogP contribution in [0.5, 0.6) is 5.88 Å². The number of imidazole rings is 1. The Kier molecular flexibility index (Phi) is 5.57. The largest absolute Gasteiger partial charge is 0.468 e. The van der Waals surface area contributed by atoms with E-state index in [9.17, 15) is 18.0 Å². The number of nitrogens with zero attached hydrogens (tertiary/aromatic N) is 4. The minimum Gasteiger partial charge on any atom is -0.468 e. The molecule has 0 fully saturated rings. The molecule has 28 heavy (non-hydrogen) atoms. The van der Waals surface area contributed by atoms with Gasteiger partial charge in [0.05, 0.1) is 6.04 Å². The third kappa shape index (κ3) is 5.06. The Labute approximate surface area is 158 Å². The first-order valence-electron chi connectivity index (χ1n) is 8.22. The fraction of sp³-hybridized carbons (Fsp3) is 0.222. The summed E-state index contributed by atoms with van der Waals surface area (Å²) in [5.41, 5.74) is 1.03. The minimum absolute atomic E-state index is 0.140. The Bertz CT molecular complexity index is 927. The van der Waals surface area contributed by atoms with Gasteiger partial charge in [-0.05, 0) is 24.6 Å². The van der Waals surface area contributed by atoms with Crippen LogP contribution >= 0.6 is 0 Å². The molecule has 0 aliphatic carbocycles. The smallest absolute Gasteiger partial charge is 0.422 e. The zero-order valence-electron chi connectivity index (χ0n) is 14.7. The molecule has 0 saturated carbocycles. The highest BCUT2D eigenvalue weighted by molar-refractivity contribution is 5.94. The number of halogens is 3. The number of nitrogens with one attached hydrogen (secondary N) is 1. The summed E-state index contributed by atoms with van der Waals surface area (Å²) < 4.78 is 42.7. The van der Waals surface area contributed by atoms with E-state index in [1.54, 1.807) is 48.4 Å². The summed E-state index contributed by atoms with van der Waals surface area (Å²) >= 11 is 0. The maximum Gasteiger partial charge on any atom is 0.422 e. The molecule has 1 atom stereocenters. The number of ether oxygens (including phenoxy) is 1. The molecule has 0 saturated heterocycles. The average Bonchev–Trinajstić information content (AvgIpc) is 3.21. The van der Waals surface area contributed by atoms with Gasteiger partial charge in [0, 0.05) is 36.4 Å². The van der Waals surface area contributed by atoms with Crippen LogP contribution in [-0.4, -0.2) is 38.2 Å². The lowest BCUT2D eigenvalue weighted by molar-refractivity contribution is -0.154. The molecule has 0 spiro atoms. The number of alkyl halides is 3. The van der Waals surface area contributed by atoms with Gasteiger partial charge in [0.2, 0.25) is 5.88 Å². The van der Waals surface area contributed by atoms with Crippen molar-refractivity contribution >= 4 is 5.91 Å². The van der Waals surface area contributed by atoms with E-state index in [2.05, 4.69) is 25.0 Å². The Hall–Kier alpha value is -3.43. The zero-order chi connectivity index (χ0) is 20.1. The minimum atomic E-state index is -4.43. The molecular formula is C18H16F3N5O2. The van der Waals surface area contributed by atoms with Gasteiger partial charge in [-0.3, -0.25) is 9.36 Å². The molecule has 1 unspecified atom stereocenters. The Balaban J connectivity index is 1.63. The molecule has 10 heteroatoms. The van der Waals surface area contributed by atoms with Gasteiger partial charge in [0.15, 0.2) is 6.61 Å². The van der Waals surface area contributed by atoms with Crippen LogP contribution in [0.2, 0.25) is 0 Å². The Morgan fingerprint density at radius 3 is 2.71 bits per heavy atom. The average molecular weight is 391 g/mol. The molecule has 0 radical (unpaired) electrons. The predicted octanol–water partition coefficient (Wildman–Crippen LogP) is 3.09. The van der Waals surface area contributed by atoms with Crippen molar-refractivity contribution in [3.63, 3.8) is 0 Å². The van der Waals surface area contributed by atoms with Gasteiger partial charge < -0.3 is 10.1 Å². The third-order valence-electron chi connectivity index (χ3n) is 3.77. The molecule has 1 N–H and O–H groups in total. The summed E-state index contributed by atoms with van der Waals surface area (Å²) in [5.74, 6) is 0.0815. The van der Waals surface area contributed by atoms with Crippen LogP contribution < -0.4 is 10.1 Å². The van der Waals surface area contributed by atoms with Crippen LogP contribution in [0, 0.1) is 0 Å². The second kappa shape index (κ2) is 8.07. The number of hydrogen-bond donors (Lipinski definition) is 1. The molecule has 1 amide bonds. The van der Waals surface area contributed by atoms with Crippen LogP contribution in [0.15, 0.2) is 55.4 Å². The number of hydrogen-bond acceptors (Lipinski definition) is 5. The molecule has 0 aliphatic heterocycles. The van der Waals surface area contributed by atoms with Gasteiger partial charge in [-0.25, -0.2) is 15.0 Å². The van der Waals surface area contributed by atoms with Crippen LogP contribution in [0.1, 0.15) is 28.9 Å². The quantitative estimate of drug-likeness (QED) is 0.698. The normalized spacial score (nSPS) is 12.4. The topological polar surface area (TPSA) is 81.9 Å². The highest BCUT2D eigenvalue weighted by Crippen LogP contribution is 2.19. The predicted molar refractivity (Wildman–Crippen MR) is 93.0 cm³/mol. The first-order chi connectivity index (χ1) is 13.3. The molecule has 3 aromatic rings. The monoisotopic (exact) mass is 391 g/mol. The number of carbonyl (C=O) groups excluding carboxylic acids is 1. The molecule has 3 rings (SSSR count). The first-order valence-corrected chi connectivity index (χ1v) is 8.22. The van der Waals surface area contributed by atoms with Crippen LogP contribution in [0.4, 0.5) is 13.2 Å². The molecule has 3 heterocycles. The van der Waals surface area contributed by atoms with E-state index in [4.69, 9.17) is 0 Å². The molecule has 0 aromatic carbocycles. The highest BCUT2D eigenvalue weighted by atomic mass is 19.4. The first kappa shape index (κ1) is 19.3. The van der Waals surface area contributed by atoms with Gasteiger partial charge in [0.1, 0.15) is 12.1 Å². The molecule has 146 valence electrons. The summed E-state index contributed by atoms with van der Waals surface area (Å²) in [6.07, 6.45) is 3.33. The second-order valence-electron chi connectivity index (χ2n) is 5.90. The molecule has 3 aromatic heterocycles. The summed E-state index contributed by atoms with van der Waals surface area (Å²) in [6.45, 7) is 0.329. The second-order valence-corrected chi connectivity index (χ2v) is 5.90. The Morgan fingerprint density at radius 2 is 2.07 bits per heavy atom. The third-order valence-corrected chi connectivity index (χ3v) is 3.77. The summed E-state index contributed by atoms with van der Waals surface area (Å²) in [5, 5.41) is 2.81. The highest BCUT2D eigenvalue weighted by Gasteiger charge is 2.28. The van der Waals surface area contributed by atoms with E-state index in [1.165, 1.54) is 18.5 Å². The maximum atomic E-state index is 12.5. The van der Waals surface area contributed by atoms with Gasteiger partial charge in [-0.2, -0.15) is 13.2 Å². The van der Waals surface area contributed by atoms with Crippen molar-refractivity contribution in [1.29, 1.82) is 0 Å². The summed E-state index contributed by atoms with van der Waals surface area (Å²) in [4.78, 5) is 24.5. The van der Waals surface area contributed by atoms with Gasteiger partial charge >= 0.3 is 6.18 Å². The number of aromatic nitrogens is 4. The van der Waals surface area contributed by atoms with Crippen molar-refractivity contribution in [1.82, 2.24) is 24.8 Å². The molecule has 0 aliphatic rings. The van der Waals surface area contributed by atoms with E-state index in [1.807, 2.05) is 0 Å². The number of pyridine rings is 2. The van der Waals surface area contributed by atoms with Crippen molar-refractivity contribution in [2.24, 2.45) is 0 Å². The standard InChI is InChI=1S/C18H16F3N5O2/c1-12(14-2-3-16(24-9-14)28-10-18(19,20)21)25-17(27)13-4-5-23-15(8-13)26-7-6-22-11-26/h2-9,11-12H,10H2,1H3,(H,25,27). The van der Waals surface area contributed by atoms with Crippen molar-refractivity contribution in [3.05, 3.63) is 66.5 Å². The zero-order valence-corrected chi connectivity index (χ0v) is 14.7. The fourth-order valence-electron chi connectivity index (χ4n) is 2.35. The van der Waals surface area contributed by atoms with E-state index >= 15 is 0 Å². The summed E-state index contributed by atoms with van der Waals surface area (Å²) in [6, 6.07) is 5.66. The number of rotatable bonds is 6. The fourth-order valence-corrected chi connectivity index (χ4v) is 2.35. The lowest BCUT2D eigenvalue weighted by atomic mass is 10.1. The number of amides is 1. The molecular weight excluding hydrogens is 375 g/mol. The van der Waals surface area contributed by atoms with Crippen molar-refractivity contribution in [3.8, 4) is 11.7 Å². The SMILES string of the molecule is CC(NC(=O)c1ccnc(-n2ccnc2)c1)c1ccc(OCC(F)(F)F)nc1. The van der Waals surface area contributed by atoms with Crippen molar-refractivity contribution in [2.45, 2.75) is 19.1 Å². The van der Waals surface area contributed by atoms with Gasteiger partial charge in [-0.15, -0.1) is 0 Å². The van der Waals surface area contributed by atoms with E-state index in [0.717, 1.165) is 0 Å². The lowest BCUT2D eigenvalue weighted by Gasteiger charge is -2.15. The summed E-state index contributed by atoms with van der Waals surface area (Å²) in [7, 11) is 0. The Morgan fingerprint density at radius 1 is 1.25 bits per heavy atom. The molecule has 0 bridgehead atoms. The number of carbonyl (C=O) groups is 1. The van der Waals surface area contributed by atoms with Gasteiger partial charge in [0.25, 0.3) is 5.91 Å². The maximum absolute atomic E-state index is 12.5. The molecule has 7 nitrogen and oxygen atoms in total.